The van der Waals surface area contributed by atoms with Crippen molar-refractivity contribution in [3.8, 4) is 6.07 Å². The fourth-order valence-electron chi connectivity index (χ4n) is 5.78. The molecular formula is C31H43N4O10PS. The second-order valence-corrected chi connectivity index (χ2v) is 15.6. The normalized spacial score (nSPS) is 21.1. The first-order valence-corrected chi connectivity index (χ1v) is 18.3. The van der Waals surface area contributed by atoms with Gasteiger partial charge in [0, 0.05) is 32.2 Å². The quantitative estimate of drug-likeness (QED) is 0.187. The van der Waals surface area contributed by atoms with Crippen molar-refractivity contribution >= 4 is 29.6 Å². The molecule has 2 fully saturated rings. The number of alkyl carbamates (subject to hydrolysis) is 1. The molecular weight excluding hydrogens is 651 g/mol. The van der Waals surface area contributed by atoms with Crippen LogP contribution in [0, 0.1) is 22.7 Å². The lowest BCUT2D eigenvalue weighted by molar-refractivity contribution is -0.0907. The van der Waals surface area contributed by atoms with Gasteiger partial charge in [-0.3, -0.25) is 4.52 Å². The molecule has 16 heteroatoms. The summed E-state index contributed by atoms with van der Waals surface area (Å²) in [6, 6.07) is 15.9. The Morgan fingerprint density at radius 2 is 1.94 bits per heavy atom. The second kappa shape index (κ2) is 15.9. The SMILES string of the molecule is CNc1cccc(S(=O)(=O)N(CC(OP(=O)(O)O)C(Cc2ccccc2)NC(=O)OC2COC3OCCC23)CC(C)(C)CCC#N)c1. The van der Waals surface area contributed by atoms with Crippen LogP contribution in [0.15, 0.2) is 59.5 Å². The Kier molecular flexibility index (Phi) is 12.4. The van der Waals surface area contributed by atoms with Gasteiger partial charge in [0.2, 0.25) is 10.0 Å². The highest BCUT2D eigenvalue weighted by atomic mass is 32.2. The number of fused-ring (bicyclic) bond motifs is 1. The van der Waals surface area contributed by atoms with Crippen LogP contribution < -0.4 is 10.6 Å². The number of phosphoric ester groups is 1. The number of carbonyl (C=O) groups excluding carboxylic acids is 1. The van der Waals surface area contributed by atoms with E-state index in [1.54, 1.807) is 63.4 Å². The molecule has 2 aromatic carbocycles. The van der Waals surface area contributed by atoms with E-state index in [0.29, 0.717) is 30.7 Å². The number of phosphoric acid groups is 1. The Labute approximate surface area is 275 Å². The highest BCUT2D eigenvalue weighted by Crippen LogP contribution is 2.40. The largest absolute Gasteiger partial charge is 0.469 e. The van der Waals surface area contributed by atoms with E-state index in [-0.39, 0.29) is 36.8 Å². The Morgan fingerprint density at radius 3 is 2.62 bits per heavy atom. The van der Waals surface area contributed by atoms with Crippen LogP contribution in [0.3, 0.4) is 0 Å². The van der Waals surface area contributed by atoms with Crippen molar-refractivity contribution in [2.24, 2.45) is 11.3 Å². The van der Waals surface area contributed by atoms with Crippen molar-refractivity contribution in [2.45, 2.75) is 69.0 Å². The molecule has 0 bridgehead atoms. The fourth-order valence-corrected chi connectivity index (χ4v) is 8.04. The van der Waals surface area contributed by atoms with Crippen LogP contribution in [0.4, 0.5) is 10.5 Å². The van der Waals surface area contributed by atoms with Crippen molar-refractivity contribution in [3.63, 3.8) is 0 Å². The summed E-state index contributed by atoms with van der Waals surface area (Å²) in [5.74, 6) is -0.153. The van der Waals surface area contributed by atoms with E-state index in [1.165, 1.54) is 12.1 Å². The standard InChI is InChI=1S/C31H43N4O10PS/c1-31(2,14-8-15-32)21-35(47(40,41)24-12-7-11-23(18-24)33-3)19-27(45-46(37,38)39)26(17-22-9-5-4-6-10-22)34-30(36)44-28-20-43-29-25(28)13-16-42-29/h4-7,9-12,18,25-29,33H,8,13-14,16-17,19-21H2,1-3H3,(H,34,36)(H2,37,38,39). The van der Waals surface area contributed by atoms with E-state index in [0.717, 1.165) is 4.31 Å². The van der Waals surface area contributed by atoms with Gasteiger partial charge in [0.05, 0.1) is 36.1 Å². The van der Waals surface area contributed by atoms with Gasteiger partial charge in [0.15, 0.2) is 6.29 Å². The summed E-state index contributed by atoms with van der Waals surface area (Å²) in [6.45, 7) is 3.54. The molecule has 2 aromatic rings. The number of hydrogen-bond donors (Lipinski definition) is 4. The van der Waals surface area contributed by atoms with Gasteiger partial charge in [-0.2, -0.15) is 9.57 Å². The maximum atomic E-state index is 14.2. The van der Waals surface area contributed by atoms with Gasteiger partial charge in [0.25, 0.3) is 0 Å². The molecule has 0 saturated carbocycles. The average Bonchev–Trinajstić information content (AvgIpc) is 3.64. The van der Waals surface area contributed by atoms with Gasteiger partial charge in [0.1, 0.15) is 12.2 Å². The first kappa shape index (κ1) is 36.8. The topological polar surface area (TPSA) is 197 Å². The van der Waals surface area contributed by atoms with E-state index < -0.39 is 60.4 Å². The average molecular weight is 695 g/mol. The molecule has 5 atom stereocenters. The van der Waals surface area contributed by atoms with Gasteiger partial charge in [-0.15, -0.1) is 0 Å². The van der Waals surface area contributed by atoms with Crippen LogP contribution in [0.1, 0.15) is 38.7 Å². The maximum Gasteiger partial charge on any atom is 0.469 e. The molecule has 0 aromatic heterocycles. The van der Waals surface area contributed by atoms with Gasteiger partial charge in [-0.1, -0.05) is 50.2 Å². The molecule has 5 unspecified atom stereocenters. The maximum absolute atomic E-state index is 14.2. The third-order valence-electron chi connectivity index (χ3n) is 8.23. The van der Waals surface area contributed by atoms with Crippen molar-refractivity contribution in [1.29, 1.82) is 5.26 Å². The highest BCUT2D eigenvalue weighted by molar-refractivity contribution is 7.89. The fraction of sp³-hybridized carbons (Fsp3) is 0.548. The number of anilines is 1. The Morgan fingerprint density at radius 1 is 1.19 bits per heavy atom. The molecule has 1 amide bonds. The molecule has 2 saturated heterocycles. The monoisotopic (exact) mass is 694 g/mol. The lowest BCUT2D eigenvalue weighted by Gasteiger charge is -2.36. The molecule has 14 nitrogen and oxygen atoms in total. The summed E-state index contributed by atoms with van der Waals surface area (Å²) in [5.41, 5.74) is 0.505. The number of nitriles is 1. The number of carbonyl (C=O) groups is 1. The third kappa shape index (κ3) is 10.5. The Balaban J connectivity index is 1.70. The number of ether oxygens (including phenoxy) is 3. The molecule has 0 spiro atoms. The number of amides is 1. The van der Waals surface area contributed by atoms with E-state index >= 15 is 0 Å². The summed E-state index contributed by atoms with van der Waals surface area (Å²) in [7, 11) is -7.89. The molecule has 0 radical (unpaired) electrons. The zero-order valence-corrected chi connectivity index (χ0v) is 28.4. The zero-order chi connectivity index (χ0) is 34.2. The number of rotatable bonds is 16. The summed E-state index contributed by atoms with van der Waals surface area (Å²) in [4.78, 5) is 33.3. The van der Waals surface area contributed by atoms with E-state index in [2.05, 4.69) is 16.7 Å². The first-order chi connectivity index (χ1) is 22.2. The molecule has 2 aliphatic rings. The summed E-state index contributed by atoms with van der Waals surface area (Å²) >= 11 is 0. The minimum Gasteiger partial charge on any atom is -0.443 e. The van der Waals surface area contributed by atoms with E-state index in [1.807, 2.05) is 0 Å². The predicted molar refractivity (Wildman–Crippen MR) is 171 cm³/mol. The second-order valence-electron chi connectivity index (χ2n) is 12.4. The van der Waals surface area contributed by atoms with Crippen LogP contribution >= 0.6 is 7.82 Å². The lowest BCUT2D eigenvalue weighted by atomic mass is 9.88. The van der Waals surface area contributed by atoms with Gasteiger partial charge in [-0.25, -0.2) is 17.8 Å². The van der Waals surface area contributed by atoms with E-state index in [9.17, 15) is 32.8 Å². The Bertz CT molecular complexity index is 1550. The molecule has 258 valence electrons. The molecule has 4 rings (SSSR count). The van der Waals surface area contributed by atoms with E-state index in [4.69, 9.17) is 18.7 Å². The number of sulfonamides is 1. The summed E-state index contributed by atoms with van der Waals surface area (Å²) in [6.07, 6.45) is -2.30. The summed E-state index contributed by atoms with van der Waals surface area (Å²) in [5, 5.41) is 14.8. The lowest BCUT2D eigenvalue weighted by Crippen LogP contribution is -2.53. The molecule has 0 aliphatic carbocycles. The number of hydrogen-bond acceptors (Lipinski definition) is 10. The zero-order valence-electron chi connectivity index (χ0n) is 26.7. The molecule has 2 heterocycles. The number of nitrogens with one attached hydrogen (secondary N) is 2. The Hall–Kier alpha value is -3.06. The van der Waals surface area contributed by atoms with Crippen molar-refractivity contribution in [1.82, 2.24) is 9.62 Å². The van der Waals surface area contributed by atoms with Crippen LogP contribution in [0.2, 0.25) is 0 Å². The van der Waals surface area contributed by atoms with Gasteiger partial charge in [-0.05, 0) is 48.4 Å². The molecule has 47 heavy (non-hydrogen) atoms. The van der Waals surface area contributed by atoms with Crippen molar-refractivity contribution in [3.05, 3.63) is 60.2 Å². The number of nitrogens with zero attached hydrogens (tertiary/aromatic N) is 2. The minimum atomic E-state index is -5.23. The first-order valence-electron chi connectivity index (χ1n) is 15.3. The van der Waals surface area contributed by atoms with Crippen LogP contribution in [-0.2, 0) is 39.7 Å². The minimum absolute atomic E-state index is 0.0257. The summed E-state index contributed by atoms with van der Waals surface area (Å²) < 4.78 is 64.0. The third-order valence-corrected chi connectivity index (χ3v) is 10.6. The highest BCUT2D eigenvalue weighted by Gasteiger charge is 2.45. The van der Waals surface area contributed by atoms with Crippen LogP contribution in [-0.4, -0.2) is 86.5 Å². The van der Waals surface area contributed by atoms with Crippen molar-refractivity contribution < 1.29 is 46.3 Å². The van der Waals surface area contributed by atoms with Crippen LogP contribution in [0.5, 0.6) is 0 Å². The van der Waals surface area contributed by atoms with Crippen LogP contribution in [0.25, 0.3) is 0 Å². The van der Waals surface area contributed by atoms with Crippen molar-refractivity contribution in [2.75, 3.05) is 38.7 Å². The molecule has 2 aliphatic heterocycles. The predicted octanol–water partition coefficient (Wildman–Crippen LogP) is 3.63. The number of benzene rings is 2. The molecule has 4 N–H and O–H groups in total. The van der Waals surface area contributed by atoms with Gasteiger partial charge >= 0.3 is 13.9 Å². The smallest absolute Gasteiger partial charge is 0.443 e. The van der Waals surface area contributed by atoms with Gasteiger partial charge < -0.3 is 34.6 Å².